The Hall–Kier alpha value is -4.35. The molecule has 5 rings (SSSR count). The molecule has 202 valence electrons. The Morgan fingerprint density at radius 1 is 0.525 bits per heavy atom. The number of rotatable bonds is 10. The minimum Gasteiger partial charge on any atom is -0.370 e. The molecule has 0 amide bonds. The van der Waals surface area contributed by atoms with Gasteiger partial charge >= 0.3 is 0 Å². The third-order valence-corrected chi connectivity index (χ3v) is 6.52. The number of nitrogens with zero attached hydrogens (tertiary/aromatic N) is 4. The third kappa shape index (κ3) is 7.84. The van der Waals surface area contributed by atoms with Crippen molar-refractivity contribution in [3.8, 4) is 22.5 Å². The first-order valence-corrected chi connectivity index (χ1v) is 13.9. The monoisotopic (exact) mass is 527 g/mol. The van der Waals surface area contributed by atoms with Crippen LogP contribution in [-0.4, -0.2) is 26.4 Å². The van der Waals surface area contributed by atoms with Crippen molar-refractivity contribution < 1.29 is 0 Å². The summed E-state index contributed by atoms with van der Waals surface area (Å²) in [7, 11) is 0. The molecule has 3 heterocycles. The van der Waals surface area contributed by atoms with Gasteiger partial charge in [0.1, 0.15) is 5.82 Å². The lowest BCUT2D eigenvalue weighted by Crippen LogP contribution is -2.24. The first-order valence-electron chi connectivity index (χ1n) is 13.9. The van der Waals surface area contributed by atoms with Crippen molar-refractivity contribution in [3.63, 3.8) is 0 Å². The smallest absolute Gasteiger partial charge is 0.126 e. The number of pyridine rings is 3. The van der Waals surface area contributed by atoms with Gasteiger partial charge in [-0.1, -0.05) is 99.6 Å². The quantitative estimate of drug-likeness (QED) is 0.200. The van der Waals surface area contributed by atoms with E-state index in [9.17, 15) is 0 Å². The lowest BCUT2D eigenvalue weighted by atomic mass is 9.97. The molecule has 0 radical (unpaired) electrons. The van der Waals surface area contributed by atoms with Gasteiger partial charge < -0.3 is 5.32 Å². The van der Waals surface area contributed by atoms with Gasteiger partial charge in [0.2, 0.25) is 0 Å². The molecule has 0 unspecified atom stereocenters. The fourth-order valence-corrected chi connectivity index (χ4v) is 4.55. The highest BCUT2D eigenvalue weighted by Gasteiger charge is 2.14. The highest BCUT2D eigenvalue weighted by molar-refractivity contribution is 5.59. The number of hydrogen-bond donors (Lipinski definition) is 1. The third-order valence-electron chi connectivity index (χ3n) is 6.52. The first kappa shape index (κ1) is 27.2. The maximum absolute atomic E-state index is 5.01. The van der Waals surface area contributed by atoms with Gasteiger partial charge in [-0.05, 0) is 41.8 Å². The van der Waals surface area contributed by atoms with Crippen LogP contribution in [0.2, 0.25) is 0 Å². The molecule has 0 aliphatic carbocycles. The molecule has 3 aromatic heterocycles. The molecule has 5 aromatic rings. The Morgan fingerprint density at radius 2 is 0.975 bits per heavy atom. The number of hydrogen-bond acceptors (Lipinski definition) is 5. The summed E-state index contributed by atoms with van der Waals surface area (Å²) < 4.78 is 0. The van der Waals surface area contributed by atoms with Crippen molar-refractivity contribution in [2.75, 3.05) is 11.9 Å². The fraction of sp³-hybridized carbons (Fsp3) is 0.229. The summed E-state index contributed by atoms with van der Waals surface area (Å²) >= 11 is 0. The Bertz CT molecular complexity index is 1430. The predicted molar refractivity (Wildman–Crippen MR) is 164 cm³/mol. The van der Waals surface area contributed by atoms with Crippen LogP contribution in [0.3, 0.4) is 0 Å². The van der Waals surface area contributed by atoms with Crippen LogP contribution in [0.5, 0.6) is 0 Å². The fourth-order valence-electron chi connectivity index (χ4n) is 4.55. The molecule has 0 saturated carbocycles. The van der Waals surface area contributed by atoms with Crippen LogP contribution in [0.25, 0.3) is 22.5 Å². The zero-order chi connectivity index (χ0) is 27.8. The standard InChI is InChI=1S/C35H37N5/c1-35(2,3)26-36-34-22-12-19-31(39-34)25-40(23-29-17-10-20-32(37-29)27-13-6-4-7-14-27)24-30-18-11-21-33(38-30)28-15-8-5-9-16-28/h4-22H,23-26H2,1-3H3,(H,36,39). The molecule has 0 aliphatic heterocycles. The van der Waals surface area contributed by atoms with Gasteiger partial charge in [0.05, 0.1) is 28.5 Å². The van der Waals surface area contributed by atoms with Crippen molar-refractivity contribution in [2.24, 2.45) is 5.41 Å². The highest BCUT2D eigenvalue weighted by Crippen LogP contribution is 2.21. The van der Waals surface area contributed by atoms with Gasteiger partial charge in [-0.3, -0.25) is 14.9 Å². The Labute approximate surface area is 238 Å². The summed E-state index contributed by atoms with van der Waals surface area (Å²) in [6, 6.07) is 39.4. The van der Waals surface area contributed by atoms with Gasteiger partial charge in [-0.2, -0.15) is 0 Å². The summed E-state index contributed by atoms with van der Waals surface area (Å²) in [5.74, 6) is 0.903. The minimum absolute atomic E-state index is 0.175. The highest BCUT2D eigenvalue weighted by atomic mass is 15.1. The van der Waals surface area contributed by atoms with Gasteiger partial charge in [0.15, 0.2) is 0 Å². The number of anilines is 1. The van der Waals surface area contributed by atoms with Crippen LogP contribution in [0.1, 0.15) is 37.9 Å². The second-order valence-corrected chi connectivity index (χ2v) is 11.3. The zero-order valence-corrected chi connectivity index (χ0v) is 23.6. The average Bonchev–Trinajstić information content (AvgIpc) is 2.97. The summed E-state index contributed by atoms with van der Waals surface area (Å²) in [5, 5.41) is 3.49. The number of aromatic nitrogens is 3. The largest absolute Gasteiger partial charge is 0.370 e. The summed E-state index contributed by atoms with van der Waals surface area (Å²) in [6.07, 6.45) is 0. The van der Waals surface area contributed by atoms with Crippen molar-refractivity contribution in [2.45, 2.75) is 40.4 Å². The molecule has 5 nitrogen and oxygen atoms in total. The molecule has 0 fully saturated rings. The minimum atomic E-state index is 0.175. The van der Waals surface area contributed by atoms with Crippen LogP contribution >= 0.6 is 0 Å². The van der Waals surface area contributed by atoms with E-state index in [2.05, 4.69) is 104 Å². The summed E-state index contributed by atoms with van der Waals surface area (Å²) in [4.78, 5) is 17.3. The summed E-state index contributed by atoms with van der Waals surface area (Å²) in [6.45, 7) is 9.56. The Morgan fingerprint density at radius 3 is 1.45 bits per heavy atom. The van der Waals surface area contributed by atoms with E-state index in [1.54, 1.807) is 0 Å². The van der Waals surface area contributed by atoms with Crippen LogP contribution in [-0.2, 0) is 19.6 Å². The van der Waals surface area contributed by atoms with E-state index in [0.717, 1.165) is 52.0 Å². The molecule has 0 bridgehead atoms. The van der Waals surface area contributed by atoms with E-state index in [-0.39, 0.29) is 5.41 Å². The normalized spacial score (nSPS) is 11.5. The van der Waals surface area contributed by atoms with Crippen molar-refractivity contribution in [3.05, 3.63) is 132 Å². The molecule has 2 aromatic carbocycles. The number of nitrogens with one attached hydrogen (secondary N) is 1. The van der Waals surface area contributed by atoms with Crippen LogP contribution < -0.4 is 5.32 Å². The lowest BCUT2D eigenvalue weighted by Gasteiger charge is -2.23. The van der Waals surface area contributed by atoms with Crippen molar-refractivity contribution in [1.82, 2.24) is 19.9 Å². The average molecular weight is 528 g/mol. The van der Waals surface area contributed by atoms with Crippen molar-refractivity contribution in [1.29, 1.82) is 0 Å². The van der Waals surface area contributed by atoms with E-state index in [0.29, 0.717) is 19.6 Å². The summed E-state index contributed by atoms with van der Waals surface area (Å²) in [5.41, 5.74) is 7.42. The van der Waals surface area contributed by atoms with Gasteiger partial charge in [-0.15, -0.1) is 0 Å². The lowest BCUT2D eigenvalue weighted by molar-refractivity contribution is 0.239. The van der Waals surface area contributed by atoms with Gasteiger partial charge in [0, 0.05) is 37.3 Å². The van der Waals surface area contributed by atoms with Gasteiger partial charge in [0.25, 0.3) is 0 Å². The van der Waals surface area contributed by atoms with E-state index in [1.165, 1.54) is 0 Å². The van der Waals surface area contributed by atoms with E-state index >= 15 is 0 Å². The molecular formula is C35H37N5. The van der Waals surface area contributed by atoms with E-state index in [1.807, 2.05) is 42.5 Å². The molecule has 0 atom stereocenters. The SMILES string of the molecule is CC(C)(C)CNc1cccc(CN(Cc2cccc(-c3ccccc3)n2)Cc2cccc(-c3ccccc3)n2)n1. The van der Waals surface area contributed by atoms with Crippen molar-refractivity contribution >= 4 is 5.82 Å². The molecule has 40 heavy (non-hydrogen) atoms. The molecule has 5 heteroatoms. The van der Waals surface area contributed by atoms with Crippen LogP contribution in [0.15, 0.2) is 115 Å². The topological polar surface area (TPSA) is 53.9 Å². The molecule has 0 saturated heterocycles. The zero-order valence-electron chi connectivity index (χ0n) is 23.6. The molecule has 1 N–H and O–H groups in total. The van der Waals surface area contributed by atoms with Gasteiger partial charge in [-0.25, -0.2) is 4.98 Å². The van der Waals surface area contributed by atoms with Crippen LogP contribution in [0, 0.1) is 5.41 Å². The van der Waals surface area contributed by atoms with E-state index < -0.39 is 0 Å². The first-order chi connectivity index (χ1) is 19.4. The maximum Gasteiger partial charge on any atom is 0.126 e. The van der Waals surface area contributed by atoms with E-state index in [4.69, 9.17) is 15.0 Å². The van der Waals surface area contributed by atoms with Crippen LogP contribution in [0.4, 0.5) is 5.82 Å². The molecular weight excluding hydrogens is 490 g/mol. The Balaban J connectivity index is 1.40. The second-order valence-electron chi connectivity index (χ2n) is 11.3. The molecule has 0 aliphatic rings. The Kier molecular flexibility index (Phi) is 8.62. The maximum atomic E-state index is 5.01. The second kappa shape index (κ2) is 12.7. The predicted octanol–water partition coefficient (Wildman–Crippen LogP) is 7.87. The molecule has 0 spiro atoms. The number of benzene rings is 2.